The van der Waals surface area contributed by atoms with Crippen LogP contribution in [0, 0.1) is 12.8 Å². The Labute approximate surface area is 160 Å². The minimum Gasteiger partial charge on any atom is -0.355 e. The number of carbonyl (C=O) groups excluding carboxylic acids is 1. The molecule has 0 radical (unpaired) electrons. The van der Waals surface area contributed by atoms with Gasteiger partial charge in [0.2, 0.25) is 5.91 Å². The molecule has 1 amide bonds. The third-order valence-corrected chi connectivity index (χ3v) is 5.70. The summed E-state index contributed by atoms with van der Waals surface area (Å²) in [5.41, 5.74) is 2.67. The maximum absolute atomic E-state index is 11.9. The van der Waals surface area contributed by atoms with Crippen LogP contribution in [0.1, 0.15) is 56.0 Å². The van der Waals surface area contributed by atoms with Gasteiger partial charge in [-0.05, 0) is 37.7 Å². The van der Waals surface area contributed by atoms with Gasteiger partial charge in [0.05, 0.1) is 5.75 Å². The standard InChI is InChI=1S/C20H28N4OS/c1-5-24-19(17-10-16(17)15-8-6-14(4)7-9-15)22-23-20(24)26-12-18(25)21-11-13(2)3/h6-9,13,16-17H,5,10-12H2,1-4H3,(H,21,25). The topological polar surface area (TPSA) is 59.8 Å². The fraction of sp³-hybridized carbons (Fsp3) is 0.550. The maximum atomic E-state index is 11.9. The molecule has 1 aromatic carbocycles. The normalized spacial score (nSPS) is 19.0. The van der Waals surface area contributed by atoms with Gasteiger partial charge in [-0.3, -0.25) is 4.79 Å². The summed E-state index contributed by atoms with van der Waals surface area (Å²) in [5.74, 6) is 2.94. The van der Waals surface area contributed by atoms with Gasteiger partial charge in [-0.2, -0.15) is 0 Å². The minimum absolute atomic E-state index is 0.0554. The number of rotatable bonds is 8. The maximum Gasteiger partial charge on any atom is 0.230 e. The van der Waals surface area contributed by atoms with Crippen molar-refractivity contribution in [2.24, 2.45) is 5.92 Å². The van der Waals surface area contributed by atoms with Gasteiger partial charge in [-0.25, -0.2) is 0 Å². The summed E-state index contributed by atoms with van der Waals surface area (Å²) < 4.78 is 2.17. The first-order valence-electron chi connectivity index (χ1n) is 9.38. The van der Waals surface area contributed by atoms with Gasteiger partial charge in [0.25, 0.3) is 0 Å². The van der Waals surface area contributed by atoms with E-state index in [1.165, 1.54) is 22.9 Å². The quantitative estimate of drug-likeness (QED) is 0.717. The number of nitrogens with zero attached hydrogens (tertiary/aromatic N) is 3. The van der Waals surface area contributed by atoms with E-state index in [-0.39, 0.29) is 5.91 Å². The van der Waals surface area contributed by atoms with E-state index in [1.807, 2.05) is 0 Å². The van der Waals surface area contributed by atoms with E-state index in [0.29, 0.717) is 30.1 Å². The first-order valence-corrected chi connectivity index (χ1v) is 10.4. The Bertz CT molecular complexity index is 754. The number of carbonyl (C=O) groups is 1. The van der Waals surface area contributed by atoms with Crippen molar-refractivity contribution >= 4 is 17.7 Å². The van der Waals surface area contributed by atoms with Gasteiger partial charge in [-0.1, -0.05) is 55.4 Å². The SMILES string of the molecule is CCn1c(SCC(=O)NCC(C)C)nnc1C1CC1c1ccc(C)cc1. The van der Waals surface area contributed by atoms with Gasteiger partial charge < -0.3 is 9.88 Å². The molecule has 0 saturated heterocycles. The van der Waals surface area contributed by atoms with Gasteiger partial charge >= 0.3 is 0 Å². The summed E-state index contributed by atoms with van der Waals surface area (Å²) in [4.78, 5) is 11.9. The van der Waals surface area contributed by atoms with Crippen LogP contribution in [0.5, 0.6) is 0 Å². The Morgan fingerprint density at radius 3 is 2.65 bits per heavy atom. The van der Waals surface area contributed by atoms with Crippen LogP contribution in [-0.4, -0.2) is 33.0 Å². The first-order chi connectivity index (χ1) is 12.5. The predicted molar refractivity (Wildman–Crippen MR) is 106 cm³/mol. The van der Waals surface area contributed by atoms with Crippen molar-refractivity contribution in [3.63, 3.8) is 0 Å². The van der Waals surface area contributed by atoms with E-state index < -0.39 is 0 Å². The van der Waals surface area contributed by atoms with Crippen LogP contribution in [0.4, 0.5) is 0 Å². The molecule has 2 atom stereocenters. The molecular weight excluding hydrogens is 344 g/mol. The fourth-order valence-electron chi connectivity index (χ4n) is 3.14. The third-order valence-electron chi connectivity index (χ3n) is 4.73. The summed E-state index contributed by atoms with van der Waals surface area (Å²) in [6, 6.07) is 8.79. The highest BCUT2D eigenvalue weighted by molar-refractivity contribution is 7.99. The number of aromatic nitrogens is 3. The zero-order valence-electron chi connectivity index (χ0n) is 16.0. The average Bonchev–Trinajstić information content (AvgIpc) is 3.30. The van der Waals surface area contributed by atoms with E-state index >= 15 is 0 Å². The molecule has 1 fully saturated rings. The lowest BCUT2D eigenvalue weighted by Gasteiger charge is -2.09. The van der Waals surface area contributed by atoms with E-state index in [2.05, 4.69) is 72.0 Å². The monoisotopic (exact) mass is 372 g/mol. The van der Waals surface area contributed by atoms with Crippen molar-refractivity contribution in [1.82, 2.24) is 20.1 Å². The highest BCUT2D eigenvalue weighted by atomic mass is 32.2. The van der Waals surface area contributed by atoms with Crippen molar-refractivity contribution in [3.05, 3.63) is 41.2 Å². The van der Waals surface area contributed by atoms with Gasteiger partial charge in [-0.15, -0.1) is 10.2 Å². The molecule has 0 aliphatic heterocycles. The second kappa shape index (κ2) is 8.25. The largest absolute Gasteiger partial charge is 0.355 e. The van der Waals surface area contributed by atoms with Crippen LogP contribution in [-0.2, 0) is 11.3 Å². The van der Waals surface area contributed by atoms with Gasteiger partial charge in [0.1, 0.15) is 5.82 Å². The number of benzene rings is 1. The van der Waals surface area contributed by atoms with Crippen LogP contribution in [0.15, 0.2) is 29.4 Å². The van der Waals surface area contributed by atoms with Crippen LogP contribution >= 0.6 is 11.8 Å². The second-order valence-electron chi connectivity index (χ2n) is 7.43. The summed E-state index contributed by atoms with van der Waals surface area (Å²) in [6.07, 6.45) is 1.13. The molecule has 6 heteroatoms. The molecular formula is C20H28N4OS. The molecule has 2 aromatic rings. The highest BCUT2D eigenvalue weighted by Gasteiger charge is 2.43. The number of hydrogen-bond acceptors (Lipinski definition) is 4. The zero-order chi connectivity index (χ0) is 18.7. The number of hydrogen-bond donors (Lipinski definition) is 1. The van der Waals surface area contributed by atoms with Crippen molar-refractivity contribution in [3.8, 4) is 0 Å². The fourth-order valence-corrected chi connectivity index (χ4v) is 3.98. The highest BCUT2D eigenvalue weighted by Crippen LogP contribution is 2.54. The first kappa shape index (κ1) is 19.0. The van der Waals surface area contributed by atoms with Crippen LogP contribution in [0.2, 0.25) is 0 Å². The molecule has 0 bridgehead atoms. The van der Waals surface area contributed by atoms with E-state index in [9.17, 15) is 4.79 Å². The third kappa shape index (κ3) is 4.47. The van der Waals surface area contributed by atoms with Gasteiger partial charge in [0, 0.05) is 19.0 Å². The summed E-state index contributed by atoms with van der Waals surface area (Å²) in [5, 5.41) is 12.6. The molecule has 0 spiro atoms. The lowest BCUT2D eigenvalue weighted by Crippen LogP contribution is -2.28. The number of amides is 1. The van der Waals surface area contributed by atoms with Crippen LogP contribution < -0.4 is 5.32 Å². The van der Waals surface area contributed by atoms with E-state index in [4.69, 9.17) is 0 Å². The summed E-state index contributed by atoms with van der Waals surface area (Å²) >= 11 is 1.47. The molecule has 1 aliphatic rings. The molecule has 1 N–H and O–H groups in total. The second-order valence-corrected chi connectivity index (χ2v) is 8.37. The Balaban J connectivity index is 1.62. The van der Waals surface area contributed by atoms with Crippen molar-refractivity contribution in [2.45, 2.75) is 57.7 Å². The molecule has 1 aliphatic carbocycles. The van der Waals surface area contributed by atoms with E-state index in [0.717, 1.165) is 23.9 Å². The Hall–Kier alpha value is -1.82. The Kier molecular flexibility index (Phi) is 6.01. The van der Waals surface area contributed by atoms with Crippen molar-refractivity contribution in [1.29, 1.82) is 0 Å². The Morgan fingerprint density at radius 1 is 1.27 bits per heavy atom. The lowest BCUT2D eigenvalue weighted by molar-refractivity contribution is -0.118. The smallest absolute Gasteiger partial charge is 0.230 e. The lowest BCUT2D eigenvalue weighted by atomic mass is 10.1. The summed E-state index contributed by atoms with van der Waals surface area (Å²) in [6.45, 7) is 9.95. The number of nitrogens with one attached hydrogen (secondary N) is 1. The number of thioether (sulfide) groups is 1. The molecule has 5 nitrogen and oxygen atoms in total. The molecule has 1 aromatic heterocycles. The molecule has 1 saturated carbocycles. The van der Waals surface area contributed by atoms with Crippen LogP contribution in [0.25, 0.3) is 0 Å². The van der Waals surface area contributed by atoms with E-state index in [1.54, 1.807) is 0 Å². The number of aryl methyl sites for hydroxylation is 1. The van der Waals surface area contributed by atoms with Gasteiger partial charge in [0.15, 0.2) is 5.16 Å². The molecule has 3 rings (SSSR count). The zero-order valence-corrected chi connectivity index (χ0v) is 16.8. The predicted octanol–water partition coefficient (Wildman–Crippen LogP) is 3.74. The summed E-state index contributed by atoms with van der Waals surface area (Å²) in [7, 11) is 0. The molecule has 1 heterocycles. The molecule has 140 valence electrons. The average molecular weight is 373 g/mol. The minimum atomic E-state index is 0.0554. The Morgan fingerprint density at radius 2 is 2.00 bits per heavy atom. The van der Waals surface area contributed by atoms with Crippen LogP contribution in [0.3, 0.4) is 0 Å². The molecule has 2 unspecified atom stereocenters. The molecule has 26 heavy (non-hydrogen) atoms. The van der Waals surface area contributed by atoms with Crippen molar-refractivity contribution in [2.75, 3.05) is 12.3 Å². The van der Waals surface area contributed by atoms with Crippen molar-refractivity contribution < 1.29 is 4.79 Å².